The van der Waals surface area contributed by atoms with Gasteiger partial charge in [-0.15, -0.1) is 0 Å². The Morgan fingerprint density at radius 1 is 1.03 bits per heavy atom. The molecule has 2 aliphatic heterocycles. The first kappa shape index (κ1) is 22.4. The Labute approximate surface area is 186 Å². The fourth-order valence-corrected chi connectivity index (χ4v) is 3.60. The van der Waals surface area contributed by atoms with Crippen LogP contribution in [0.15, 0.2) is 42.5 Å². The van der Waals surface area contributed by atoms with Crippen LogP contribution in [0.2, 0.25) is 0 Å². The summed E-state index contributed by atoms with van der Waals surface area (Å²) in [5, 5.41) is 2.53. The number of rotatable bonds is 4. The van der Waals surface area contributed by atoms with Gasteiger partial charge in [0.25, 0.3) is 0 Å². The molecule has 1 fully saturated rings. The number of esters is 1. The maximum atomic E-state index is 12.5. The summed E-state index contributed by atoms with van der Waals surface area (Å²) in [5.41, 5.74) is 1.85. The van der Waals surface area contributed by atoms with Gasteiger partial charge in [0, 0.05) is 49.2 Å². The van der Waals surface area contributed by atoms with Gasteiger partial charge in [0.1, 0.15) is 11.5 Å². The molecule has 8 nitrogen and oxygen atoms in total. The molecule has 1 saturated heterocycles. The van der Waals surface area contributed by atoms with Gasteiger partial charge in [0.2, 0.25) is 0 Å². The molecular formula is C22H20F3N3O5. The molecule has 2 aromatic carbocycles. The minimum Gasteiger partial charge on any atom is -0.484 e. The van der Waals surface area contributed by atoms with Crippen molar-refractivity contribution in [3.63, 3.8) is 0 Å². The Balaban J connectivity index is 1.28. The van der Waals surface area contributed by atoms with Gasteiger partial charge < -0.3 is 24.6 Å². The Morgan fingerprint density at radius 3 is 2.39 bits per heavy atom. The Kier molecular flexibility index (Phi) is 6.12. The third kappa shape index (κ3) is 5.54. The molecule has 0 atom stereocenters. The monoisotopic (exact) mass is 463 g/mol. The summed E-state index contributed by atoms with van der Waals surface area (Å²) in [6.45, 7) is 0.166. The number of nitrogens with one attached hydrogen (secondary N) is 1. The summed E-state index contributed by atoms with van der Waals surface area (Å²) in [6, 6.07) is 11.0. The van der Waals surface area contributed by atoms with Gasteiger partial charge in [0.15, 0.2) is 6.61 Å². The van der Waals surface area contributed by atoms with Crippen molar-refractivity contribution in [3.05, 3.63) is 48.0 Å². The van der Waals surface area contributed by atoms with Crippen LogP contribution in [-0.4, -0.2) is 61.6 Å². The second-order valence-electron chi connectivity index (χ2n) is 7.60. The van der Waals surface area contributed by atoms with E-state index in [1.54, 1.807) is 24.3 Å². The highest BCUT2D eigenvalue weighted by atomic mass is 19.4. The van der Waals surface area contributed by atoms with Crippen molar-refractivity contribution in [2.24, 2.45) is 0 Å². The van der Waals surface area contributed by atoms with Gasteiger partial charge in [-0.05, 0) is 30.3 Å². The average Bonchev–Trinajstić information content (AvgIpc) is 3.16. The quantitative estimate of drug-likeness (QED) is 0.426. The molecule has 174 valence electrons. The molecule has 0 aromatic heterocycles. The summed E-state index contributed by atoms with van der Waals surface area (Å²) in [4.78, 5) is 39.6. The molecule has 11 heteroatoms. The van der Waals surface area contributed by atoms with Crippen molar-refractivity contribution < 1.29 is 37.0 Å². The van der Waals surface area contributed by atoms with Crippen LogP contribution in [0.25, 0.3) is 0 Å². The third-order valence-corrected chi connectivity index (χ3v) is 5.25. The lowest BCUT2D eigenvalue weighted by molar-refractivity contribution is -0.153. The molecule has 2 amide bonds. The summed E-state index contributed by atoms with van der Waals surface area (Å²) in [7, 11) is 0. The number of anilines is 2. The van der Waals surface area contributed by atoms with Crippen LogP contribution < -0.4 is 19.7 Å². The molecule has 1 N–H and O–H groups in total. The maximum Gasteiger partial charge on any atom is 0.422 e. The van der Waals surface area contributed by atoms with Gasteiger partial charge >= 0.3 is 24.0 Å². The van der Waals surface area contributed by atoms with Gasteiger partial charge in [0.05, 0.1) is 6.42 Å². The fraction of sp³-hybridized carbons (Fsp3) is 0.318. The van der Waals surface area contributed by atoms with Crippen LogP contribution in [-0.2, 0) is 20.8 Å². The first-order chi connectivity index (χ1) is 15.7. The van der Waals surface area contributed by atoms with Crippen LogP contribution in [0.1, 0.15) is 5.56 Å². The Morgan fingerprint density at radius 2 is 1.73 bits per heavy atom. The van der Waals surface area contributed by atoms with E-state index < -0.39 is 24.6 Å². The van der Waals surface area contributed by atoms with E-state index in [4.69, 9.17) is 9.47 Å². The van der Waals surface area contributed by atoms with E-state index in [0.29, 0.717) is 37.6 Å². The van der Waals surface area contributed by atoms with Gasteiger partial charge in [-0.1, -0.05) is 6.07 Å². The SMILES string of the molecule is O=C1Cc2ccc(NC(=O)C(=O)N3CCN(c4ccc(OCC(F)(F)F)cc4)CC3)cc2O1. The van der Waals surface area contributed by atoms with E-state index in [9.17, 15) is 27.6 Å². The molecule has 0 spiro atoms. The largest absolute Gasteiger partial charge is 0.484 e. The van der Waals surface area contributed by atoms with E-state index in [1.165, 1.54) is 23.1 Å². The lowest BCUT2D eigenvalue weighted by Gasteiger charge is -2.35. The molecule has 0 aliphatic carbocycles. The second-order valence-corrected chi connectivity index (χ2v) is 7.60. The number of benzene rings is 2. The number of nitrogens with zero attached hydrogens (tertiary/aromatic N) is 2. The molecule has 33 heavy (non-hydrogen) atoms. The second kappa shape index (κ2) is 9.00. The fourth-order valence-electron chi connectivity index (χ4n) is 3.60. The molecule has 4 rings (SSSR count). The summed E-state index contributed by atoms with van der Waals surface area (Å²) in [5.74, 6) is -1.36. The first-order valence-corrected chi connectivity index (χ1v) is 10.2. The third-order valence-electron chi connectivity index (χ3n) is 5.25. The first-order valence-electron chi connectivity index (χ1n) is 10.2. The Bertz CT molecular complexity index is 1060. The van der Waals surface area contributed by atoms with Crippen LogP contribution in [0, 0.1) is 0 Å². The molecule has 2 aliphatic rings. The van der Waals surface area contributed by atoms with Crippen molar-refractivity contribution in [2.75, 3.05) is 43.0 Å². The van der Waals surface area contributed by atoms with Crippen molar-refractivity contribution >= 4 is 29.2 Å². The van der Waals surface area contributed by atoms with Crippen LogP contribution >= 0.6 is 0 Å². The highest BCUT2D eigenvalue weighted by Gasteiger charge is 2.29. The van der Waals surface area contributed by atoms with E-state index in [2.05, 4.69) is 5.32 Å². The zero-order valence-corrected chi connectivity index (χ0v) is 17.4. The molecule has 0 unspecified atom stereocenters. The number of carbonyl (C=O) groups excluding carboxylic acids is 3. The standard InChI is InChI=1S/C22H20F3N3O5/c23-22(24,25)13-32-17-5-3-16(4-6-17)27-7-9-28(10-8-27)21(31)20(30)26-15-2-1-14-11-19(29)33-18(14)12-15/h1-6,12H,7-11,13H2,(H,26,30). The van der Waals surface area contributed by atoms with E-state index in [1.807, 2.05) is 4.90 Å². The lowest BCUT2D eigenvalue weighted by Crippen LogP contribution is -2.51. The number of hydrogen-bond acceptors (Lipinski definition) is 6. The molecule has 0 bridgehead atoms. The van der Waals surface area contributed by atoms with Crippen molar-refractivity contribution in [3.8, 4) is 11.5 Å². The van der Waals surface area contributed by atoms with Crippen molar-refractivity contribution in [2.45, 2.75) is 12.6 Å². The number of alkyl halides is 3. The zero-order chi connectivity index (χ0) is 23.6. The number of halogens is 3. The van der Waals surface area contributed by atoms with Crippen LogP contribution in [0.5, 0.6) is 11.5 Å². The van der Waals surface area contributed by atoms with Crippen molar-refractivity contribution in [1.29, 1.82) is 0 Å². The number of carbonyl (C=O) groups is 3. The topological polar surface area (TPSA) is 88.2 Å². The normalized spacial score (nSPS) is 15.7. The van der Waals surface area contributed by atoms with Crippen LogP contribution in [0.3, 0.4) is 0 Å². The van der Waals surface area contributed by atoms with Crippen LogP contribution in [0.4, 0.5) is 24.5 Å². The molecule has 2 aromatic rings. The lowest BCUT2D eigenvalue weighted by atomic mass is 10.1. The zero-order valence-electron chi connectivity index (χ0n) is 17.4. The maximum absolute atomic E-state index is 12.5. The number of hydrogen-bond donors (Lipinski definition) is 1. The minimum absolute atomic E-state index is 0.114. The summed E-state index contributed by atoms with van der Waals surface area (Å²) >= 11 is 0. The van der Waals surface area contributed by atoms with Gasteiger partial charge in [-0.2, -0.15) is 13.2 Å². The number of fused-ring (bicyclic) bond motifs is 1. The molecule has 2 heterocycles. The molecule has 0 saturated carbocycles. The predicted molar refractivity (Wildman–Crippen MR) is 111 cm³/mol. The molecule has 0 radical (unpaired) electrons. The van der Waals surface area contributed by atoms with Crippen molar-refractivity contribution in [1.82, 2.24) is 4.90 Å². The van der Waals surface area contributed by atoms with E-state index >= 15 is 0 Å². The number of piperazine rings is 1. The highest BCUT2D eigenvalue weighted by molar-refractivity contribution is 6.39. The smallest absolute Gasteiger partial charge is 0.422 e. The summed E-state index contributed by atoms with van der Waals surface area (Å²) in [6.07, 6.45) is -4.22. The predicted octanol–water partition coefficient (Wildman–Crippen LogP) is 2.38. The van der Waals surface area contributed by atoms with Gasteiger partial charge in [-0.25, -0.2) is 0 Å². The van der Waals surface area contributed by atoms with E-state index in [0.717, 1.165) is 11.3 Å². The number of ether oxygens (including phenoxy) is 2. The highest BCUT2D eigenvalue weighted by Crippen LogP contribution is 2.29. The molecular weight excluding hydrogens is 443 g/mol. The minimum atomic E-state index is -4.40. The Hall–Kier alpha value is -3.76. The van der Waals surface area contributed by atoms with E-state index in [-0.39, 0.29) is 18.1 Å². The van der Waals surface area contributed by atoms with Gasteiger partial charge in [-0.3, -0.25) is 14.4 Å². The average molecular weight is 463 g/mol. The summed E-state index contributed by atoms with van der Waals surface area (Å²) < 4.78 is 46.5. The number of amides is 2.